The van der Waals surface area contributed by atoms with Crippen LogP contribution in [-0.4, -0.2) is 50.2 Å². The number of rotatable bonds is 7. The largest absolute Gasteiger partial charge is 0.493 e. The Labute approximate surface area is 159 Å². The molecule has 6 heteroatoms. The van der Waals surface area contributed by atoms with E-state index in [-0.39, 0.29) is 18.3 Å². The average Bonchev–Trinajstić information content (AvgIpc) is 2.70. The van der Waals surface area contributed by atoms with Crippen LogP contribution in [0.2, 0.25) is 0 Å². The number of carbonyl (C=O) groups is 1. The second-order valence-electron chi connectivity index (χ2n) is 6.32. The summed E-state index contributed by atoms with van der Waals surface area (Å²) in [4.78, 5) is 16.5. The molecule has 27 heavy (non-hydrogen) atoms. The summed E-state index contributed by atoms with van der Waals surface area (Å²) in [6.45, 7) is 5.79. The maximum atomic E-state index is 12.9. The van der Waals surface area contributed by atoms with Gasteiger partial charge in [-0.15, -0.1) is 0 Å². The van der Waals surface area contributed by atoms with Crippen molar-refractivity contribution in [2.45, 2.75) is 13.3 Å². The smallest absolute Gasteiger partial charge is 0.226 e. The second kappa shape index (κ2) is 9.26. The first-order valence-electron chi connectivity index (χ1n) is 9.30. The maximum Gasteiger partial charge on any atom is 0.226 e. The summed E-state index contributed by atoms with van der Waals surface area (Å²) in [6, 6.07) is 13.8. The summed E-state index contributed by atoms with van der Waals surface area (Å²) in [5.41, 5.74) is 1.08. The van der Waals surface area contributed by atoms with Crippen molar-refractivity contribution < 1.29 is 18.7 Å². The SMILES string of the molecule is CCOc1ccccc1N1CCN(C(=O)CCOc2ccc(F)cc2)CC1. The first-order valence-corrected chi connectivity index (χ1v) is 9.30. The van der Waals surface area contributed by atoms with Gasteiger partial charge in [-0.3, -0.25) is 4.79 Å². The lowest BCUT2D eigenvalue weighted by Gasteiger charge is -2.36. The van der Waals surface area contributed by atoms with E-state index in [1.54, 1.807) is 12.1 Å². The standard InChI is InChI=1S/C21H25FN2O3/c1-2-26-20-6-4-3-5-19(20)23-12-14-24(15-13-23)21(25)11-16-27-18-9-7-17(22)8-10-18/h3-10H,2,11-16H2,1H3. The Hall–Kier alpha value is -2.76. The Bertz CT molecular complexity index is 743. The first-order chi connectivity index (χ1) is 13.2. The van der Waals surface area contributed by atoms with Gasteiger partial charge in [0.05, 0.1) is 25.3 Å². The molecule has 1 saturated heterocycles. The molecule has 1 fully saturated rings. The van der Waals surface area contributed by atoms with Crippen LogP contribution in [-0.2, 0) is 4.79 Å². The monoisotopic (exact) mass is 372 g/mol. The molecule has 3 rings (SSSR count). The molecular weight excluding hydrogens is 347 g/mol. The number of piperazine rings is 1. The van der Waals surface area contributed by atoms with E-state index in [1.165, 1.54) is 12.1 Å². The molecular formula is C21H25FN2O3. The van der Waals surface area contributed by atoms with Crippen molar-refractivity contribution in [3.05, 3.63) is 54.3 Å². The van der Waals surface area contributed by atoms with Crippen molar-refractivity contribution in [3.8, 4) is 11.5 Å². The first kappa shape index (κ1) is 19.0. The molecule has 5 nitrogen and oxygen atoms in total. The summed E-state index contributed by atoms with van der Waals surface area (Å²) in [5, 5.41) is 0. The number of anilines is 1. The van der Waals surface area contributed by atoms with Gasteiger partial charge >= 0.3 is 0 Å². The molecule has 0 bridgehead atoms. The molecule has 1 heterocycles. The van der Waals surface area contributed by atoms with Gasteiger partial charge in [-0.05, 0) is 43.3 Å². The van der Waals surface area contributed by atoms with Crippen LogP contribution >= 0.6 is 0 Å². The van der Waals surface area contributed by atoms with Crippen molar-refractivity contribution in [1.29, 1.82) is 0 Å². The Balaban J connectivity index is 1.46. The average molecular weight is 372 g/mol. The molecule has 144 valence electrons. The van der Waals surface area contributed by atoms with Gasteiger partial charge in [-0.2, -0.15) is 0 Å². The van der Waals surface area contributed by atoms with E-state index in [0.717, 1.165) is 24.5 Å². The third-order valence-corrected chi connectivity index (χ3v) is 4.54. The van der Waals surface area contributed by atoms with E-state index in [0.29, 0.717) is 31.9 Å². The summed E-state index contributed by atoms with van der Waals surface area (Å²) >= 11 is 0. The number of nitrogens with zero attached hydrogens (tertiary/aromatic N) is 2. The summed E-state index contributed by atoms with van der Waals surface area (Å²) < 4.78 is 24.1. The summed E-state index contributed by atoms with van der Waals surface area (Å²) in [5.74, 6) is 1.23. The summed E-state index contributed by atoms with van der Waals surface area (Å²) in [6.07, 6.45) is 0.312. The van der Waals surface area contributed by atoms with Crippen molar-refractivity contribution in [2.24, 2.45) is 0 Å². The molecule has 1 aliphatic heterocycles. The Morgan fingerprint density at radius 3 is 2.41 bits per heavy atom. The zero-order chi connectivity index (χ0) is 19.1. The zero-order valence-corrected chi connectivity index (χ0v) is 15.6. The van der Waals surface area contributed by atoms with Crippen LogP contribution in [0.4, 0.5) is 10.1 Å². The molecule has 0 atom stereocenters. The molecule has 2 aromatic rings. The van der Waals surface area contributed by atoms with E-state index in [4.69, 9.17) is 9.47 Å². The number of para-hydroxylation sites is 2. The van der Waals surface area contributed by atoms with Gasteiger partial charge in [0.15, 0.2) is 0 Å². The van der Waals surface area contributed by atoms with Gasteiger partial charge in [0.25, 0.3) is 0 Å². The fraction of sp³-hybridized carbons (Fsp3) is 0.381. The number of amides is 1. The normalized spacial score (nSPS) is 14.1. The number of benzene rings is 2. The van der Waals surface area contributed by atoms with Crippen LogP contribution in [0, 0.1) is 5.82 Å². The van der Waals surface area contributed by atoms with Crippen LogP contribution < -0.4 is 14.4 Å². The van der Waals surface area contributed by atoms with E-state index < -0.39 is 0 Å². The molecule has 0 aromatic heterocycles. The van der Waals surface area contributed by atoms with Gasteiger partial charge in [0.2, 0.25) is 5.91 Å². The molecule has 2 aromatic carbocycles. The minimum Gasteiger partial charge on any atom is -0.493 e. The fourth-order valence-corrected chi connectivity index (χ4v) is 3.14. The quantitative estimate of drug-likeness (QED) is 0.748. The lowest BCUT2D eigenvalue weighted by atomic mass is 10.2. The number of carbonyl (C=O) groups excluding carboxylic acids is 1. The molecule has 1 aliphatic rings. The van der Waals surface area contributed by atoms with E-state index in [2.05, 4.69) is 11.0 Å². The van der Waals surface area contributed by atoms with E-state index in [1.807, 2.05) is 30.0 Å². The predicted molar refractivity (Wildman–Crippen MR) is 103 cm³/mol. The van der Waals surface area contributed by atoms with Crippen LogP contribution in [0.5, 0.6) is 11.5 Å². The lowest BCUT2D eigenvalue weighted by molar-refractivity contribution is -0.132. The fourth-order valence-electron chi connectivity index (χ4n) is 3.14. The second-order valence-corrected chi connectivity index (χ2v) is 6.32. The minimum atomic E-state index is -0.304. The molecule has 1 amide bonds. The zero-order valence-electron chi connectivity index (χ0n) is 15.6. The highest BCUT2D eigenvalue weighted by molar-refractivity contribution is 5.76. The number of halogens is 1. The van der Waals surface area contributed by atoms with Crippen molar-refractivity contribution in [2.75, 3.05) is 44.3 Å². The predicted octanol–water partition coefficient (Wildman–Crippen LogP) is 3.34. The molecule has 0 spiro atoms. The topological polar surface area (TPSA) is 42.0 Å². The van der Waals surface area contributed by atoms with Crippen LogP contribution in [0.3, 0.4) is 0 Å². The van der Waals surface area contributed by atoms with Gasteiger partial charge < -0.3 is 19.3 Å². The van der Waals surface area contributed by atoms with E-state index >= 15 is 0 Å². The number of hydrogen-bond donors (Lipinski definition) is 0. The number of hydrogen-bond acceptors (Lipinski definition) is 4. The molecule has 0 saturated carbocycles. The Morgan fingerprint density at radius 2 is 1.70 bits per heavy atom. The number of ether oxygens (including phenoxy) is 2. The Morgan fingerprint density at radius 1 is 1.00 bits per heavy atom. The van der Waals surface area contributed by atoms with Gasteiger partial charge in [-0.25, -0.2) is 4.39 Å². The van der Waals surface area contributed by atoms with Crippen molar-refractivity contribution >= 4 is 11.6 Å². The van der Waals surface area contributed by atoms with E-state index in [9.17, 15) is 9.18 Å². The Kier molecular flexibility index (Phi) is 6.52. The van der Waals surface area contributed by atoms with Gasteiger partial charge in [0.1, 0.15) is 17.3 Å². The molecule has 0 aliphatic carbocycles. The van der Waals surface area contributed by atoms with Crippen molar-refractivity contribution in [1.82, 2.24) is 4.90 Å². The third kappa shape index (κ3) is 5.12. The maximum absolute atomic E-state index is 12.9. The van der Waals surface area contributed by atoms with Crippen LogP contribution in [0.25, 0.3) is 0 Å². The minimum absolute atomic E-state index is 0.0786. The van der Waals surface area contributed by atoms with Gasteiger partial charge in [0, 0.05) is 26.2 Å². The lowest BCUT2D eigenvalue weighted by Crippen LogP contribution is -2.49. The van der Waals surface area contributed by atoms with Crippen molar-refractivity contribution in [3.63, 3.8) is 0 Å². The molecule has 0 unspecified atom stereocenters. The molecule has 0 N–H and O–H groups in total. The van der Waals surface area contributed by atoms with Gasteiger partial charge in [-0.1, -0.05) is 12.1 Å². The van der Waals surface area contributed by atoms with Crippen LogP contribution in [0.15, 0.2) is 48.5 Å². The third-order valence-electron chi connectivity index (χ3n) is 4.54. The highest BCUT2D eigenvalue weighted by Crippen LogP contribution is 2.28. The van der Waals surface area contributed by atoms with Crippen LogP contribution in [0.1, 0.15) is 13.3 Å². The summed E-state index contributed by atoms with van der Waals surface area (Å²) in [7, 11) is 0. The molecule has 0 radical (unpaired) electrons. The highest BCUT2D eigenvalue weighted by Gasteiger charge is 2.22. The highest BCUT2D eigenvalue weighted by atomic mass is 19.1.